The van der Waals surface area contributed by atoms with E-state index in [1.807, 2.05) is 63.2 Å². The fourth-order valence-electron chi connectivity index (χ4n) is 3.21. The Hall–Kier alpha value is -2.83. The van der Waals surface area contributed by atoms with E-state index in [1.54, 1.807) is 12.1 Å². The van der Waals surface area contributed by atoms with Crippen LogP contribution in [-0.2, 0) is 21.0 Å². The van der Waals surface area contributed by atoms with Crippen molar-refractivity contribution in [2.24, 2.45) is 0 Å². The van der Waals surface area contributed by atoms with Gasteiger partial charge in [-0.1, -0.05) is 18.2 Å². The summed E-state index contributed by atoms with van der Waals surface area (Å²) < 4.78 is 110. The molecule has 0 aliphatic heterocycles. The lowest BCUT2D eigenvalue weighted by atomic mass is 10.2. The highest BCUT2D eigenvalue weighted by molar-refractivity contribution is 7.97. The number of hydrogen-bond acceptors (Lipinski definition) is 5. The topological polar surface area (TPSA) is 75.7 Å². The minimum atomic E-state index is -6.65. The van der Waals surface area contributed by atoms with Gasteiger partial charge in [-0.15, -0.1) is 0 Å². The lowest BCUT2D eigenvalue weighted by molar-refractivity contribution is -0.239. The van der Waals surface area contributed by atoms with Gasteiger partial charge >= 0.3 is 11.4 Å². The lowest BCUT2D eigenvalue weighted by Crippen LogP contribution is -2.53. The molecule has 0 fully saturated rings. The lowest BCUT2D eigenvalue weighted by Gasteiger charge is -2.30. The maximum atomic E-state index is 13.8. The standard InChI is InChI=1S/C25H23F5O5S2/c1-23(2,3)35-18-11-15-21(16-12-18)36(19-7-5-4-6-8-19)20-13-9-17(10-14-20)34-22(24(26,27)28)25(29,30)37(31,32)33/h4-16,22H,1-3H3. The van der Waals surface area contributed by atoms with Crippen LogP contribution >= 0.6 is 0 Å². The molecule has 0 aliphatic carbocycles. The van der Waals surface area contributed by atoms with Gasteiger partial charge in [-0.05, 0) is 81.4 Å². The van der Waals surface area contributed by atoms with Gasteiger partial charge in [0.25, 0.3) is 6.10 Å². The highest BCUT2D eigenvalue weighted by atomic mass is 32.2. The van der Waals surface area contributed by atoms with E-state index in [9.17, 15) is 34.9 Å². The molecule has 0 heterocycles. The number of rotatable bonds is 8. The van der Waals surface area contributed by atoms with Crippen LogP contribution in [0.2, 0.25) is 0 Å². The molecule has 0 aliphatic rings. The largest absolute Gasteiger partial charge is 0.743 e. The molecule has 0 radical (unpaired) electrons. The van der Waals surface area contributed by atoms with Gasteiger partial charge in [0.2, 0.25) is 0 Å². The van der Waals surface area contributed by atoms with Crippen molar-refractivity contribution in [2.75, 3.05) is 0 Å². The molecule has 3 aromatic carbocycles. The second-order valence-electron chi connectivity index (χ2n) is 8.83. The Morgan fingerprint density at radius 2 is 1.16 bits per heavy atom. The van der Waals surface area contributed by atoms with Gasteiger partial charge in [0.05, 0.1) is 10.9 Å². The predicted molar refractivity (Wildman–Crippen MR) is 127 cm³/mol. The summed E-state index contributed by atoms with van der Waals surface area (Å²) in [5.74, 6) is -0.0380. The molecular formula is C25H23F5O5S2. The fraction of sp³-hybridized carbons (Fsp3) is 0.280. The highest BCUT2D eigenvalue weighted by Gasteiger charge is 2.62. The van der Waals surface area contributed by atoms with Gasteiger partial charge in [-0.2, -0.15) is 22.0 Å². The van der Waals surface area contributed by atoms with Crippen molar-refractivity contribution in [3.05, 3.63) is 78.9 Å². The first kappa shape index (κ1) is 28.7. The van der Waals surface area contributed by atoms with Crippen LogP contribution in [0.3, 0.4) is 0 Å². The van der Waals surface area contributed by atoms with Crippen LogP contribution in [0.4, 0.5) is 22.0 Å². The van der Waals surface area contributed by atoms with Gasteiger partial charge in [0.15, 0.2) is 24.8 Å². The highest BCUT2D eigenvalue weighted by Crippen LogP contribution is 2.39. The molecule has 0 saturated heterocycles. The molecule has 0 amide bonds. The Labute approximate surface area is 214 Å². The zero-order valence-electron chi connectivity index (χ0n) is 19.8. The molecule has 0 aromatic heterocycles. The normalized spacial score (nSPS) is 14.6. The Bertz CT molecular complexity index is 1290. The molecule has 3 aromatic rings. The van der Waals surface area contributed by atoms with Crippen molar-refractivity contribution in [3.8, 4) is 11.5 Å². The van der Waals surface area contributed by atoms with E-state index >= 15 is 0 Å². The predicted octanol–water partition coefficient (Wildman–Crippen LogP) is 6.41. The Morgan fingerprint density at radius 1 is 0.730 bits per heavy atom. The molecule has 2 unspecified atom stereocenters. The summed E-state index contributed by atoms with van der Waals surface area (Å²) in [6.07, 6.45) is -10.00. The smallest absolute Gasteiger partial charge is 0.432 e. The SMILES string of the molecule is CC(C)(C)Oc1ccc([S+](c2ccccc2)c2ccc(OC(C(F)(F)F)C(F)(F)S(=O)(=O)[O-])cc2)cc1. The van der Waals surface area contributed by atoms with Crippen LogP contribution in [0, 0.1) is 0 Å². The van der Waals surface area contributed by atoms with Crippen LogP contribution in [0.1, 0.15) is 20.8 Å². The molecule has 3 rings (SSSR count). The third kappa shape index (κ3) is 7.14. The molecule has 12 heteroatoms. The zero-order chi connectivity index (χ0) is 27.6. The summed E-state index contributed by atoms with van der Waals surface area (Å²) in [5, 5.41) is -5.73. The van der Waals surface area contributed by atoms with Crippen LogP contribution in [0.5, 0.6) is 11.5 Å². The minimum Gasteiger partial charge on any atom is -0.743 e. The number of alkyl halides is 5. The van der Waals surface area contributed by atoms with Crippen LogP contribution in [0.15, 0.2) is 93.5 Å². The number of halogens is 5. The average molecular weight is 563 g/mol. The quantitative estimate of drug-likeness (QED) is 0.180. The van der Waals surface area contributed by atoms with E-state index in [0.717, 1.165) is 21.9 Å². The van der Waals surface area contributed by atoms with Crippen molar-refractivity contribution >= 4 is 21.0 Å². The summed E-state index contributed by atoms with van der Waals surface area (Å²) in [4.78, 5) is 2.34. The second-order valence-corrected chi connectivity index (χ2v) is 12.3. The first-order valence-electron chi connectivity index (χ1n) is 10.7. The zero-order valence-corrected chi connectivity index (χ0v) is 21.5. The molecule has 0 N–H and O–H groups in total. The molecular weight excluding hydrogens is 539 g/mol. The number of hydrogen-bond donors (Lipinski definition) is 0. The van der Waals surface area contributed by atoms with Crippen molar-refractivity contribution in [1.82, 2.24) is 0 Å². The summed E-state index contributed by atoms with van der Waals surface area (Å²) in [5.41, 5.74) is -0.408. The molecule has 2 atom stereocenters. The molecule has 0 spiro atoms. The first-order chi connectivity index (χ1) is 17.0. The van der Waals surface area contributed by atoms with Crippen molar-refractivity contribution < 1.29 is 44.4 Å². The summed E-state index contributed by atoms with van der Waals surface area (Å²) in [6.45, 7) is 5.72. The third-order valence-electron chi connectivity index (χ3n) is 4.71. The van der Waals surface area contributed by atoms with E-state index < -0.39 is 49.9 Å². The second kappa shape index (κ2) is 10.5. The summed E-state index contributed by atoms with van der Waals surface area (Å²) in [7, 11) is -7.39. The minimum absolute atomic E-state index is 0.408. The molecule has 5 nitrogen and oxygen atoms in total. The maximum Gasteiger partial charge on any atom is 0.432 e. The van der Waals surface area contributed by atoms with E-state index in [-0.39, 0.29) is 0 Å². The third-order valence-corrected chi connectivity index (χ3v) is 7.82. The Balaban J connectivity index is 1.96. The molecule has 0 saturated carbocycles. The van der Waals surface area contributed by atoms with Crippen LogP contribution < -0.4 is 9.47 Å². The van der Waals surface area contributed by atoms with E-state index in [1.165, 1.54) is 12.1 Å². The summed E-state index contributed by atoms with van der Waals surface area (Å²) in [6, 6.07) is 21.3. The van der Waals surface area contributed by atoms with Crippen LogP contribution in [-0.4, -0.2) is 36.1 Å². The summed E-state index contributed by atoms with van der Waals surface area (Å²) >= 11 is 0. The van der Waals surface area contributed by atoms with Crippen LogP contribution in [0.25, 0.3) is 0 Å². The molecule has 37 heavy (non-hydrogen) atoms. The van der Waals surface area contributed by atoms with Crippen molar-refractivity contribution in [2.45, 2.75) is 58.6 Å². The van der Waals surface area contributed by atoms with E-state index in [4.69, 9.17) is 4.74 Å². The maximum absolute atomic E-state index is 13.8. The van der Waals surface area contributed by atoms with Gasteiger partial charge in [-0.25, -0.2) is 8.42 Å². The fourth-order valence-corrected chi connectivity index (χ4v) is 5.72. The van der Waals surface area contributed by atoms with E-state index in [2.05, 4.69) is 4.74 Å². The Kier molecular flexibility index (Phi) is 8.16. The first-order valence-corrected chi connectivity index (χ1v) is 13.4. The van der Waals surface area contributed by atoms with Crippen molar-refractivity contribution in [1.29, 1.82) is 0 Å². The molecule has 0 bridgehead atoms. The van der Waals surface area contributed by atoms with Gasteiger partial charge < -0.3 is 14.0 Å². The monoisotopic (exact) mass is 562 g/mol. The van der Waals surface area contributed by atoms with Gasteiger partial charge in [-0.3, -0.25) is 0 Å². The molecule has 200 valence electrons. The van der Waals surface area contributed by atoms with Gasteiger partial charge in [0.1, 0.15) is 17.1 Å². The number of benzene rings is 3. The number of ether oxygens (including phenoxy) is 2. The van der Waals surface area contributed by atoms with E-state index in [0.29, 0.717) is 10.6 Å². The average Bonchev–Trinajstić information content (AvgIpc) is 2.78. The van der Waals surface area contributed by atoms with Gasteiger partial charge in [0, 0.05) is 0 Å². The van der Waals surface area contributed by atoms with Crippen molar-refractivity contribution in [3.63, 3.8) is 0 Å². The Morgan fingerprint density at radius 3 is 1.57 bits per heavy atom.